The van der Waals surface area contributed by atoms with Gasteiger partial charge in [0.1, 0.15) is 6.04 Å². The van der Waals surface area contributed by atoms with Crippen LogP contribution in [0.15, 0.2) is 78.9 Å². The van der Waals surface area contributed by atoms with Crippen molar-refractivity contribution < 1.29 is 14.4 Å². The van der Waals surface area contributed by atoms with Gasteiger partial charge in [0.15, 0.2) is 0 Å². The monoisotopic (exact) mass is 464 g/mol. The molecular weight excluding hydrogens is 440 g/mol. The average Bonchev–Trinajstić information content (AvgIpc) is 2.78. The van der Waals surface area contributed by atoms with E-state index in [9.17, 15) is 14.4 Å². The van der Waals surface area contributed by atoms with E-state index in [1.807, 2.05) is 32.0 Å². The number of urea groups is 1. The zero-order valence-corrected chi connectivity index (χ0v) is 19.0. The minimum absolute atomic E-state index is 0.154. The van der Waals surface area contributed by atoms with Crippen LogP contribution < -0.4 is 21.3 Å². The Balaban J connectivity index is 1.63. The van der Waals surface area contributed by atoms with Gasteiger partial charge < -0.3 is 21.3 Å². The van der Waals surface area contributed by atoms with Crippen LogP contribution in [0.2, 0.25) is 5.02 Å². The van der Waals surface area contributed by atoms with E-state index in [2.05, 4.69) is 21.3 Å². The quantitative estimate of drug-likeness (QED) is 0.378. The molecule has 0 aliphatic rings. The van der Waals surface area contributed by atoms with Crippen molar-refractivity contribution in [2.45, 2.75) is 19.9 Å². The number of carbonyl (C=O) groups excluding carboxylic acids is 3. The van der Waals surface area contributed by atoms with E-state index >= 15 is 0 Å². The third-order valence-electron chi connectivity index (χ3n) is 4.76. The van der Waals surface area contributed by atoms with E-state index in [1.165, 1.54) is 0 Å². The predicted octanol–water partition coefficient (Wildman–Crippen LogP) is 5.38. The molecule has 0 aromatic heterocycles. The number of hydrogen-bond donors (Lipinski definition) is 4. The highest BCUT2D eigenvalue weighted by atomic mass is 35.5. The maximum Gasteiger partial charge on any atom is 0.323 e. The first-order valence-corrected chi connectivity index (χ1v) is 10.8. The largest absolute Gasteiger partial charge is 0.340 e. The molecule has 0 saturated carbocycles. The molecule has 8 heteroatoms. The molecule has 3 aromatic rings. The Morgan fingerprint density at radius 1 is 0.727 bits per heavy atom. The second-order valence-corrected chi connectivity index (χ2v) is 8.15. The van der Waals surface area contributed by atoms with Gasteiger partial charge in [-0.15, -0.1) is 0 Å². The molecule has 3 rings (SSSR count). The molecule has 1 atom stereocenters. The van der Waals surface area contributed by atoms with Gasteiger partial charge in [-0.25, -0.2) is 4.79 Å². The minimum atomic E-state index is -0.758. The predicted molar refractivity (Wildman–Crippen MR) is 132 cm³/mol. The van der Waals surface area contributed by atoms with Crippen molar-refractivity contribution >= 4 is 46.5 Å². The summed E-state index contributed by atoms with van der Waals surface area (Å²) in [5.41, 5.74) is 2.07. The highest BCUT2D eigenvalue weighted by Crippen LogP contribution is 2.17. The Bertz CT molecular complexity index is 1120. The zero-order valence-electron chi connectivity index (χ0n) is 18.3. The van der Waals surface area contributed by atoms with Crippen LogP contribution in [-0.2, 0) is 4.79 Å². The Morgan fingerprint density at radius 2 is 1.30 bits per heavy atom. The third-order valence-corrected chi connectivity index (χ3v) is 5.01. The number of rotatable bonds is 7. The topological polar surface area (TPSA) is 99.3 Å². The molecule has 33 heavy (non-hydrogen) atoms. The first kappa shape index (κ1) is 23.8. The number of anilines is 3. The van der Waals surface area contributed by atoms with Gasteiger partial charge in [-0.3, -0.25) is 9.59 Å². The standard InChI is InChI=1S/C25H25ClN4O3/c1-16(2)22(30-23(31)17-11-13-18(26)14-12-17)24(32)27-20-9-6-10-21(15-20)29-25(33)28-19-7-4-3-5-8-19/h3-16,22H,1-2H3,(H,27,32)(H,30,31)(H2,28,29,33). The van der Waals surface area contributed by atoms with E-state index in [-0.39, 0.29) is 17.7 Å². The van der Waals surface area contributed by atoms with Crippen molar-refractivity contribution in [3.05, 3.63) is 89.4 Å². The van der Waals surface area contributed by atoms with E-state index in [0.29, 0.717) is 27.6 Å². The molecule has 7 nitrogen and oxygen atoms in total. The van der Waals surface area contributed by atoms with Crippen molar-refractivity contribution in [3.8, 4) is 0 Å². The number of amides is 4. The highest BCUT2D eigenvalue weighted by molar-refractivity contribution is 6.30. The number of para-hydroxylation sites is 1. The Labute approximate surface area is 197 Å². The third kappa shape index (κ3) is 7.08. The Kier molecular flexibility index (Phi) is 8.05. The molecule has 0 radical (unpaired) electrons. The van der Waals surface area contributed by atoms with Crippen LogP contribution in [0.4, 0.5) is 21.9 Å². The van der Waals surface area contributed by atoms with Crippen LogP contribution in [0.3, 0.4) is 0 Å². The molecule has 0 bridgehead atoms. The number of carbonyl (C=O) groups is 3. The van der Waals surface area contributed by atoms with E-state index in [0.717, 1.165) is 0 Å². The summed E-state index contributed by atoms with van der Waals surface area (Å²) in [6.07, 6.45) is 0. The van der Waals surface area contributed by atoms with Crippen molar-refractivity contribution in [2.24, 2.45) is 5.92 Å². The second-order valence-electron chi connectivity index (χ2n) is 7.72. The number of benzene rings is 3. The molecule has 0 aliphatic heterocycles. The fourth-order valence-electron chi connectivity index (χ4n) is 3.07. The fourth-order valence-corrected chi connectivity index (χ4v) is 3.20. The highest BCUT2D eigenvalue weighted by Gasteiger charge is 2.25. The Hall–Kier alpha value is -3.84. The van der Waals surface area contributed by atoms with Crippen molar-refractivity contribution in [3.63, 3.8) is 0 Å². The summed E-state index contributed by atoms with van der Waals surface area (Å²) in [5.74, 6) is -0.883. The summed E-state index contributed by atoms with van der Waals surface area (Å²) < 4.78 is 0. The van der Waals surface area contributed by atoms with Gasteiger partial charge in [-0.05, 0) is 60.5 Å². The molecule has 0 spiro atoms. The first-order valence-electron chi connectivity index (χ1n) is 10.4. The van der Waals surface area contributed by atoms with E-state index in [4.69, 9.17) is 11.6 Å². The van der Waals surface area contributed by atoms with Gasteiger partial charge in [0.2, 0.25) is 5.91 Å². The van der Waals surface area contributed by atoms with Crippen LogP contribution in [0.25, 0.3) is 0 Å². The minimum Gasteiger partial charge on any atom is -0.340 e. The summed E-state index contributed by atoms with van der Waals surface area (Å²) >= 11 is 5.87. The normalized spacial score (nSPS) is 11.4. The molecule has 1 unspecified atom stereocenters. The summed E-state index contributed by atoms with van der Waals surface area (Å²) in [5, 5.41) is 11.6. The van der Waals surface area contributed by atoms with Gasteiger partial charge in [0.25, 0.3) is 5.91 Å². The first-order chi connectivity index (χ1) is 15.8. The van der Waals surface area contributed by atoms with Crippen molar-refractivity contribution in [1.82, 2.24) is 5.32 Å². The van der Waals surface area contributed by atoms with Gasteiger partial charge in [0, 0.05) is 27.6 Å². The van der Waals surface area contributed by atoms with E-state index < -0.39 is 12.1 Å². The number of nitrogens with one attached hydrogen (secondary N) is 4. The lowest BCUT2D eigenvalue weighted by molar-refractivity contribution is -0.118. The fraction of sp³-hybridized carbons (Fsp3) is 0.160. The zero-order chi connectivity index (χ0) is 23.8. The van der Waals surface area contributed by atoms with Gasteiger partial charge >= 0.3 is 6.03 Å². The summed E-state index contributed by atoms with van der Waals surface area (Å²) in [6, 6.07) is 21.1. The van der Waals surface area contributed by atoms with Crippen LogP contribution >= 0.6 is 11.6 Å². The van der Waals surface area contributed by atoms with Crippen molar-refractivity contribution in [1.29, 1.82) is 0 Å². The Morgan fingerprint density at radius 3 is 1.94 bits per heavy atom. The van der Waals surface area contributed by atoms with Gasteiger partial charge in [0.05, 0.1) is 0 Å². The molecule has 4 N–H and O–H groups in total. The molecular formula is C25H25ClN4O3. The lowest BCUT2D eigenvalue weighted by atomic mass is 10.0. The summed E-state index contributed by atoms with van der Waals surface area (Å²) in [4.78, 5) is 37.7. The maximum absolute atomic E-state index is 12.9. The molecule has 4 amide bonds. The maximum atomic E-state index is 12.9. The van der Waals surface area contributed by atoms with Gasteiger partial charge in [-0.1, -0.05) is 49.7 Å². The van der Waals surface area contributed by atoms with Crippen LogP contribution in [0.1, 0.15) is 24.2 Å². The molecule has 3 aromatic carbocycles. The molecule has 0 heterocycles. The lowest BCUT2D eigenvalue weighted by Gasteiger charge is -2.22. The smallest absolute Gasteiger partial charge is 0.323 e. The lowest BCUT2D eigenvalue weighted by Crippen LogP contribution is -2.47. The number of halogens is 1. The summed E-state index contributed by atoms with van der Waals surface area (Å²) in [6.45, 7) is 3.69. The second kappa shape index (κ2) is 11.2. The van der Waals surface area contributed by atoms with E-state index in [1.54, 1.807) is 60.7 Å². The molecule has 0 fully saturated rings. The summed E-state index contributed by atoms with van der Waals surface area (Å²) in [7, 11) is 0. The molecule has 170 valence electrons. The SMILES string of the molecule is CC(C)C(NC(=O)c1ccc(Cl)cc1)C(=O)Nc1cccc(NC(=O)Nc2ccccc2)c1. The average molecular weight is 465 g/mol. The molecule has 0 aliphatic carbocycles. The van der Waals surface area contributed by atoms with Crippen LogP contribution in [0.5, 0.6) is 0 Å². The molecule has 0 saturated heterocycles. The van der Waals surface area contributed by atoms with Gasteiger partial charge in [-0.2, -0.15) is 0 Å². The number of hydrogen-bond acceptors (Lipinski definition) is 3. The van der Waals surface area contributed by atoms with Crippen LogP contribution in [0, 0.1) is 5.92 Å². The van der Waals surface area contributed by atoms with Crippen molar-refractivity contribution in [2.75, 3.05) is 16.0 Å². The van der Waals surface area contributed by atoms with Crippen LogP contribution in [-0.4, -0.2) is 23.9 Å².